The van der Waals surface area contributed by atoms with Crippen molar-refractivity contribution >= 4 is 21.9 Å². The number of carbonyl (C=O) groups is 1. The normalized spacial score (nSPS) is 35.0. The molecule has 0 amide bonds. The number of ether oxygens (including phenoxy) is 6. The highest BCUT2D eigenvalue weighted by Crippen LogP contribution is 2.48. The van der Waals surface area contributed by atoms with Gasteiger partial charge in [-0.1, -0.05) is 54.8 Å². The van der Waals surface area contributed by atoms with Crippen molar-refractivity contribution in [3.8, 4) is 0 Å². The number of hydrogen-bond donors (Lipinski definition) is 0. The lowest BCUT2D eigenvalue weighted by Crippen LogP contribution is -2.33. The van der Waals surface area contributed by atoms with Crippen molar-refractivity contribution in [1.82, 2.24) is 0 Å². The largest absolute Gasteiger partial charge is 0.469 e. The van der Waals surface area contributed by atoms with Gasteiger partial charge < -0.3 is 28.4 Å². The van der Waals surface area contributed by atoms with Gasteiger partial charge in [-0.3, -0.25) is 4.79 Å². The predicted octanol–water partition coefficient (Wildman–Crippen LogP) is 7.09. The van der Waals surface area contributed by atoms with E-state index in [-0.39, 0.29) is 53.7 Å². The zero-order valence-electron chi connectivity index (χ0n) is 25.0. The molecule has 40 heavy (non-hydrogen) atoms. The molecule has 0 aromatic rings. The highest BCUT2D eigenvalue weighted by atomic mass is 79.9. The summed E-state index contributed by atoms with van der Waals surface area (Å²) in [6.07, 6.45) is 19.0. The third-order valence-corrected chi connectivity index (χ3v) is 10.3. The third-order valence-electron chi connectivity index (χ3n) is 9.22. The Morgan fingerprint density at radius 3 is 2.45 bits per heavy atom. The van der Waals surface area contributed by atoms with Gasteiger partial charge in [0.05, 0.1) is 31.5 Å². The van der Waals surface area contributed by atoms with Crippen LogP contribution in [-0.4, -0.2) is 68.1 Å². The van der Waals surface area contributed by atoms with Crippen LogP contribution in [0.1, 0.15) is 104 Å². The Morgan fingerprint density at radius 1 is 1.02 bits per heavy atom. The minimum atomic E-state index is -0.150. The van der Waals surface area contributed by atoms with E-state index in [1.165, 1.54) is 26.4 Å². The van der Waals surface area contributed by atoms with E-state index in [0.29, 0.717) is 18.3 Å². The van der Waals surface area contributed by atoms with E-state index in [2.05, 4.69) is 41.9 Å². The summed E-state index contributed by atoms with van der Waals surface area (Å²) in [5.41, 5.74) is 0. The van der Waals surface area contributed by atoms with E-state index in [0.717, 1.165) is 77.4 Å². The number of unbranched alkanes of at least 4 members (excludes halogenated alkanes) is 1. The minimum absolute atomic E-state index is 0.0284. The monoisotopic (exact) mass is 628 g/mol. The summed E-state index contributed by atoms with van der Waals surface area (Å²) in [4.78, 5) is 11.8. The summed E-state index contributed by atoms with van der Waals surface area (Å²) < 4.78 is 36.6. The van der Waals surface area contributed by atoms with E-state index in [9.17, 15) is 4.79 Å². The molecule has 0 spiro atoms. The van der Waals surface area contributed by atoms with E-state index < -0.39 is 0 Å². The smallest absolute Gasteiger partial charge is 0.305 e. The van der Waals surface area contributed by atoms with Gasteiger partial charge in [-0.25, -0.2) is 0 Å². The highest BCUT2D eigenvalue weighted by Gasteiger charge is 2.51. The van der Waals surface area contributed by atoms with Crippen LogP contribution in [-0.2, 0) is 33.2 Å². The number of hydrogen-bond acceptors (Lipinski definition) is 7. The van der Waals surface area contributed by atoms with Crippen LogP contribution in [0.15, 0.2) is 12.2 Å². The fraction of sp³-hybridized carbons (Fsp3) is 0.906. The summed E-state index contributed by atoms with van der Waals surface area (Å²) in [6.45, 7) is 6.14. The van der Waals surface area contributed by atoms with Crippen LogP contribution in [0, 0.1) is 17.8 Å². The molecule has 0 N–H and O–H groups in total. The Morgan fingerprint density at radius 2 is 1.77 bits per heavy atom. The van der Waals surface area contributed by atoms with Gasteiger partial charge in [0.2, 0.25) is 0 Å². The van der Waals surface area contributed by atoms with Gasteiger partial charge in [-0.05, 0) is 76.0 Å². The van der Waals surface area contributed by atoms with Crippen molar-refractivity contribution in [2.75, 3.05) is 20.3 Å². The van der Waals surface area contributed by atoms with Crippen LogP contribution in [0.2, 0.25) is 0 Å². The lowest BCUT2D eigenvalue weighted by atomic mass is 9.88. The Labute approximate surface area is 250 Å². The van der Waals surface area contributed by atoms with Crippen LogP contribution in [0.3, 0.4) is 0 Å². The van der Waals surface area contributed by atoms with Gasteiger partial charge in [0.25, 0.3) is 0 Å². The second-order valence-electron chi connectivity index (χ2n) is 12.3. The highest BCUT2D eigenvalue weighted by molar-refractivity contribution is 9.09. The second kappa shape index (κ2) is 17.0. The zero-order chi connectivity index (χ0) is 28.3. The maximum Gasteiger partial charge on any atom is 0.305 e. The first-order valence-electron chi connectivity index (χ1n) is 16.1. The van der Waals surface area contributed by atoms with Crippen LogP contribution in [0.4, 0.5) is 0 Å². The molecule has 3 aliphatic heterocycles. The standard InChI is InChI=1S/C32H53BrO7/c1-4-5-11-22(2)26(39-31-14-6-8-18-36-31)17-16-23-24-20-29(25(33)12-10-13-30(34)35-3)38-28(24)21-27(23)40-32-15-7-9-19-37-32/h16-17,22-29,31-32H,4-15,18-21H2,1-3H3/t22-,23-,24-,25?,26-,27-,28-,29?,31?,32?/m1/s1. The molecule has 0 aromatic heterocycles. The van der Waals surface area contributed by atoms with Crippen LogP contribution in [0.5, 0.6) is 0 Å². The predicted molar refractivity (Wildman–Crippen MR) is 158 cm³/mol. The molecule has 0 aromatic carbocycles. The molecule has 3 saturated heterocycles. The topological polar surface area (TPSA) is 72.5 Å². The number of halogens is 1. The molecule has 4 aliphatic rings. The van der Waals surface area contributed by atoms with Gasteiger partial charge in [0.15, 0.2) is 12.6 Å². The maximum absolute atomic E-state index is 11.6. The molecule has 8 heteroatoms. The number of methoxy groups -OCH3 is 1. The fourth-order valence-corrected chi connectivity index (χ4v) is 7.44. The average molecular weight is 630 g/mol. The van der Waals surface area contributed by atoms with Crippen molar-refractivity contribution < 1.29 is 33.2 Å². The lowest BCUT2D eigenvalue weighted by Gasteiger charge is -2.31. The third kappa shape index (κ3) is 9.50. The summed E-state index contributed by atoms with van der Waals surface area (Å²) in [5.74, 6) is 0.928. The minimum Gasteiger partial charge on any atom is -0.469 e. The second-order valence-corrected chi connectivity index (χ2v) is 13.5. The number of esters is 1. The first-order chi connectivity index (χ1) is 19.5. The van der Waals surface area contributed by atoms with Crippen LogP contribution >= 0.6 is 15.9 Å². The number of alkyl halides is 1. The van der Waals surface area contributed by atoms with E-state index in [1.807, 2.05) is 0 Å². The van der Waals surface area contributed by atoms with Crippen LogP contribution < -0.4 is 0 Å². The van der Waals surface area contributed by atoms with Crippen molar-refractivity contribution in [1.29, 1.82) is 0 Å². The van der Waals surface area contributed by atoms with Gasteiger partial charge in [-0.15, -0.1) is 0 Å². The zero-order valence-corrected chi connectivity index (χ0v) is 26.6. The van der Waals surface area contributed by atoms with Gasteiger partial charge in [-0.2, -0.15) is 0 Å². The van der Waals surface area contributed by atoms with Crippen molar-refractivity contribution in [3.63, 3.8) is 0 Å². The molecule has 1 saturated carbocycles. The summed E-state index contributed by atoms with van der Waals surface area (Å²) in [6, 6.07) is 0. The van der Waals surface area contributed by atoms with E-state index in [4.69, 9.17) is 28.4 Å². The van der Waals surface area contributed by atoms with Gasteiger partial charge >= 0.3 is 5.97 Å². The first kappa shape index (κ1) is 32.4. The molecule has 4 unspecified atom stereocenters. The van der Waals surface area contributed by atoms with Gasteiger partial charge in [0, 0.05) is 36.8 Å². The number of carbonyl (C=O) groups excluding carboxylic acids is 1. The molecule has 4 fully saturated rings. The molecular weight excluding hydrogens is 576 g/mol. The Bertz CT molecular complexity index is 766. The van der Waals surface area contributed by atoms with E-state index >= 15 is 0 Å². The first-order valence-corrected chi connectivity index (χ1v) is 17.0. The maximum atomic E-state index is 11.6. The number of fused-ring (bicyclic) bond motifs is 1. The average Bonchev–Trinajstić information content (AvgIpc) is 3.53. The lowest BCUT2D eigenvalue weighted by molar-refractivity contribution is -0.194. The fourth-order valence-electron chi connectivity index (χ4n) is 6.78. The summed E-state index contributed by atoms with van der Waals surface area (Å²) in [5, 5.41) is 0. The van der Waals surface area contributed by atoms with Gasteiger partial charge in [0.1, 0.15) is 0 Å². The molecule has 3 heterocycles. The van der Waals surface area contributed by atoms with Crippen LogP contribution in [0.25, 0.3) is 0 Å². The molecule has 0 radical (unpaired) electrons. The molecule has 1 aliphatic carbocycles. The molecule has 10 atom stereocenters. The SMILES string of the molecule is CCCC[C@@H](C)[C@@H](C=C[C@@H]1[C@H]2CC(C(Br)CCCC(=O)OC)O[C@@H]2C[C@H]1OC1CCCCO1)OC1CCCCO1. The molecule has 230 valence electrons. The quantitative estimate of drug-likeness (QED) is 0.109. The Kier molecular flexibility index (Phi) is 13.7. The molecular formula is C32H53BrO7. The van der Waals surface area contributed by atoms with Crippen molar-refractivity contribution in [2.24, 2.45) is 17.8 Å². The summed E-state index contributed by atoms with van der Waals surface area (Å²) in [7, 11) is 1.45. The molecule has 0 bridgehead atoms. The van der Waals surface area contributed by atoms with Crippen molar-refractivity contribution in [2.45, 2.75) is 146 Å². The number of rotatable bonds is 15. The Balaban J connectivity index is 1.43. The molecule has 4 rings (SSSR count). The molecule has 7 nitrogen and oxygen atoms in total. The Hall–Kier alpha value is -0.510. The van der Waals surface area contributed by atoms with E-state index in [1.54, 1.807) is 0 Å². The summed E-state index contributed by atoms with van der Waals surface area (Å²) >= 11 is 3.88. The van der Waals surface area contributed by atoms with Crippen molar-refractivity contribution in [3.05, 3.63) is 12.2 Å².